The van der Waals surface area contributed by atoms with Crippen LogP contribution in [0.15, 0.2) is 5.38 Å². The molecule has 1 atom stereocenters. The Morgan fingerprint density at radius 2 is 2.11 bits per heavy atom. The fourth-order valence-electron chi connectivity index (χ4n) is 2.68. The molecule has 2 heterocycles. The molecule has 4 heteroatoms. The second-order valence-corrected chi connectivity index (χ2v) is 6.96. The molecule has 1 N–H and O–H groups in total. The van der Waals surface area contributed by atoms with Gasteiger partial charge >= 0.3 is 0 Å². The summed E-state index contributed by atoms with van der Waals surface area (Å²) in [7, 11) is 2.20. The highest BCUT2D eigenvalue weighted by Crippen LogP contribution is 2.35. The molecule has 18 heavy (non-hydrogen) atoms. The van der Waals surface area contributed by atoms with Crippen LogP contribution in [0.4, 0.5) is 0 Å². The van der Waals surface area contributed by atoms with Gasteiger partial charge in [0, 0.05) is 24.5 Å². The van der Waals surface area contributed by atoms with E-state index in [0.717, 1.165) is 19.5 Å². The number of likely N-dealkylation sites (N-methyl/N-ethyl adjacent to an activating group) is 1. The molecule has 0 saturated carbocycles. The van der Waals surface area contributed by atoms with E-state index in [2.05, 4.69) is 50.3 Å². The minimum atomic E-state index is 0.0702. The Hall–Kier alpha value is -0.450. The second kappa shape index (κ2) is 5.27. The zero-order valence-electron chi connectivity index (χ0n) is 12.2. The highest BCUT2D eigenvalue weighted by molar-refractivity contribution is 7.09. The van der Waals surface area contributed by atoms with Crippen LogP contribution in [-0.2, 0) is 5.54 Å². The van der Waals surface area contributed by atoms with E-state index < -0.39 is 0 Å². The van der Waals surface area contributed by atoms with Crippen molar-refractivity contribution in [2.75, 3.05) is 20.1 Å². The number of hydrogen-bond donors (Lipinski definition) is 1. The largest absolute Gasteiger partial charge is 0.304 e. The quantitative estimate of drug-likeness (QED) is 0.909. The number of nitrogens with one attached hydrogen (secondary N) is 1. The number of hydrogen-bond acceptors (Lipinski definition) is 4. The van der Waals surface area contributed by atoms with Crippen molar-refractivity contribution in [3.8, 4) is 0 Å². The minimum absolute atomic E-state index is 0.0702. The smallest absolute Gasteiger partial charge is 0.114 e. The lowest BCUT2D eigenvalue weighted by Crippen LogP contribution is -2.47. The molecule has 0 aromatic carbocycles. The van der Waals surface area contributed by atoms with E-state index in [9.17, 15) is 0 Å². The van der Waals surface area contributed by atoms with Gasteiger partial charge < -0.3 is 10.2 Å². The summed E-state index contributed by atoms with van der Waals surface area (Å²) < 4.78 is 0. The summed E-state index contributed by atoms with van der Waals surface area (Å²) in [5, 5.41) is 7.25. The first-order valence-corrected chi connectivity index (χ1v) is 7.73. The number of thiazole rings is 1. The van der Waals surface area contributed by atoms with Gasteiger partial charge in [-0.25, -0.2) is 4.98 Å². The van der Waals surface area contributed by atoms with Crippen molar-refractivity contribution in [3.63, 3.8) is 0 Å². The van der Waals surface area contributed by atoms with Crippen LogP contribution in [0.25, 0.3) is 0 Å². The number of likely N-dealkylation sites (tertiary alicyclic amines) is 1. The second-order valence-electron chi connectivity index (χ2n) is 6.10. The van der Waals surface area contributed by atoms with E-state index in [1.807, 2.05) is 11.3 Å². The lowest BCUT2D eigenvalue weighted by molar-refractivity contribution is 0.294. The Morgan fingerprint density at radius 1 is 1.39 bits per heavy atom. The van der Waals surface area contributed by atoms with Crippen LogP contribution >= 0.6 is 11.3 Å². The maximum Gasteiger partial charge on any atom is 0.114 e. The van der Waals surface area contributed by atoms with Gasteiger partial charge in [0.25, 0.3) is 0 Å². The first-order chi connectivity index (χ1) is 8.43. The van der Waals surface area contributed by atoms with Gasteiger partial charge in [-0.3, -0.25) is 0 Å². The van der Waals surface area contributed by atoms with Crippen molar-refractivity contribution in [2.45, 2.75) is 51.6 Å². The van der Waals surface area contributed by atoms with Gasteiger partial charge in [-0.1, -0.05) is 13.8 Å². The molecule has 2 rings (SSSR count). The average molecular weight is 267 g/mol. The van der Waals surface area contributed by atoms with E-state index in [0.29, 0.717) is 12.0 Å². The molecule has 1 unspecified atom stereocenters. The van der Waals surface area contributed by atoms with E-state index >= 15 is 0 Å². The van der Waals surface area contributed by atoms with E-state index in [4.69, 9.17) is 4.98 Å². The van der Waals surface area contributed by atoms with Crippen LogP contribution in [0.2, 0.25) is 0 Å². The van der Waals surface area contributed by atoms with Gasteiger partial charge in [0.15, 0.2) is 0 Å². The molecule has 1 fully saturated rings. The van der Waals surface area contributed by atoms with Crippen molar-refractivity contribution in [1.29, 1.82) is 0 Å². The number of nitrogens with zero attached hydrogens (tertiary/aromatic N) is 2. The van der Waals surface area contributed by atoms with Crippen LogP contribution in [-0.4, -0.2) is 36.1 Å². The molecule has 0 radical (unpaired) electrons. The SMILES string of the molecule is CC(C)NC1(c2nc(C(C)C)cs2)CCN(C)C1. The van der Waals surface area contributed by atoms with Crippen molar-refractivity contribution < 1.29 is 0 Å². The molecule has 1 aromatic heterocycles. The molecule has 1 saturated heterocycles. The van der Waals surface area contributed by atoms with E-state index in [1.54, 1.807) is 0 Å². The monoisotopic (exact) mass is 267 g/mol. The summed E-state index contributed by atoms with van der Waals surface area (Å²) in [4.78, 5) is 7.28. The lowest BCUT2D eigenvalue weighted by Gasteiger charge is -2.30. The number of aromatic nitrogens is 1. The highest BCUT2D eigenvalue weighted by atomic mass is 32.1. The third-order valence-electron chi connectivity index (χ3n) is 3.55. The summed E-state index contributed by atoms with van der Waals surface area (Å²) in [6, 6.07) is 0.489. The Kier molecular flexibility index (Phi) is 4.09. The summed E-state index contributed by atoms with van der Waals surface area (Å²) in [6.07, 6.45) is 1.16. The summed E-state index contributed by atoms with van der Waals surface area (Å²) >= 11 is 1.82. The first-order valence-electron chi connectivity index (χ1n) is 6.85. The lowest BCUT2D eigenvalue weighted by atomic mass is 9.98. The molecule has 0 bridgehead atoms. The average Bonchev–Trinajstić information content (AvgIpc) is 2.85. The molecule has 1 aliphatic heterocycles. The van der Waals surface area contributed by atoms with Crippen molar-refractivity contribution in [1.82, 2.24) is 15.2 Å². The predicted molar refractivity (Wildman–Crippen MR) is 78.3 cm³/mol. The molecule has 1 aromatic rings. The molecule has 1 aliphatic rings. The van der Waals surface area contributed by atoms with Gasteiger partial charge in [0.1, 0.15) is 5.01 Å². The molecule has 0 aliphatic carbocycles. The molecule has 3 nitrogen and oxygen atoms in total. The minimum Gasteiger partial charge on any atom is -0.304 e. The van der Waals surface area contributed by atoms with Crippen molar-refractivity contribution in [2.24, 2.45) is 0 Å². The molecule has 0 amide bonds. The van der Waals surface area contributed by atoms with E-state index in [1.165, 1.54) is 10.7 Å². The highest BCUT2D eigenvalue weighted by Gasteiger charge is 2.41. The van der Waals surface area contributed by atoms with Crippen molar-refractivity contribution >= 4 is 11.3 Å². The summed E-state index contributed by atoms with van der Waals surface area (Å²) in [5.74, 6) is 0.519. The Balaban J connectivity index is 2.28. The summed E-state index contributed by atoms with van der Waals surface area (Å²) in [6.45, 7) is 11.1. The van der Waals surface area contributed by atoms with E-state index in [-0.39, 0.29) is 5.54 Å². The molecular formula is C14H25N3S. The maximum atomic E-state index is 4.88. The third-order valence-corrected chi connectivity index (χ3v) is 4.61. The third kappa shape index (κ3) is 2.76. The maximum absolute atomic E-state index is 4.88. The van der Waals surface area contributed by atoms with Crippen LogP contribution in [0, 0.1) is 0 Å². The topological polar surface area (TPSA) is 28.2 Å². The van der Waals surface area contributed by atoms with Gasteiger partial charge in [-0.2, -0.15) is 0 Å². The Morgan fingerprint density at radius 3 is 2.56 bits per heavy atom. The first kappa shape index (κ1) is 14.0. The summed E-state index contributed by atoms with van der Waals surface area (Å²) in [5.41, 5.74) is 1.30. The van der Waals surface area contributed by atoms with Crippen LogP contribution in [0.1, 0.15) is 50.7 Å². The van der Waals surface area contributed by atoms with Crippen LogP contribution in [0.5, 0.6) is 0 Å². The Bertz CT molecular complexity index is 399. The van der Waals surface area contributed by atoms with Crippen molar-refractivity contribution in [3.05, 3.63) is 16.1 Å². The zero-order chi connectivity index (χ0) is 13.3. The predicted octanol–water partition coefficient (Wildman–Crippen LogP) is 2.80. The van der Waals surface area contributed by atoms with Crippen LogP contribution in [0.3, 0.4) is 0 Å². The van der Waals surface area contributed by atoms with Crippen LogP contribution < -0.4 is 5.32 Å². The van der Waals surface area contributed by atoms with Gasteiger partial charge in [-0.15, -0.1) is 11.3 Å². The van der Waals surface area contributed by atoms with Gasteiger partial charge in [0.05, 0.1) is 11.2 Å². The fourth-order valence-corrected chi connectivity index (χ4v) is 3.84. The van der Waals surface area contributed by atoms with Gasteiger partial charge in [0.2, 0.25) is 0 Å². The molecule has 0 spiro atoms. The standard InChI is InChI=1S/C14H25N3S/c1-10(2)12-8-18-13(15-12)14(16-11(3)4)6-7-17(5)9-14/h8,10-11,16H,6-7,9H2,1-5H3. The van der Waals surface area contributed by atoms with Gasteiger partial charge in [-0.05, 0) is 33.2 Å². The fraction of sp³-hybridized carbons (Fsp3) is 0.786. The zero-order valence-corrected chi connectivity index (χ0v) is 13.0. The normalized spacial score (nSPS) is 25.5. The number of rotatable bonds is 4. The molecular weight excluding hydrogens is 242 g/mol. The molecule has 102 valence electrons. The Labute approximate surface area is 115 Å².